The molecule has 2 aromatic carbocycles. The number of nitrogens with zero attached hydrogens (tertiary/aromatic N) is 4. The molecule has 0 atom stereocenters. The second-order valence-corrected chi connectivity index (χ2v) is 6.36. The first-order valence-corrected chi connectivity index (χ1v) is 8.65. The molecule has 3 rings (SSSR count). The summed E-state index contributed by atoms with van der Waals surface area (Å²) < 4.78 is 0. The van der Waals surface area contributed by atoms with E-state index in [1.54, 1.807) is 30.3 Å². The summed E-state index contributed by atoms with van der Waals surface area (Å²) in [5.41, 5.74) is 4.42. The molecule has 0 bridgehead atoms. The topological polar surface area (TPSA) is 91.1 Å². The lowest BCUT2D eigenvalue weighted by molar-refractivity contribution is -0.384. The maximum atomic E-state index is 12.1. The Hall–Kier alpha value is -3.26. The molecule has 8 nitrogen and oxygen atoms in total. The van der Waals surface area contributed by atoms with Gasteiger partial charge in [0.15, 0.2) is 0 Å². The summed E-state index contributed by atoms with van der Waals surface area (Å²) in [6, 6.07) is 13.5. The lowest BCUT2D eigenvalue weighted by atomic mass is 10.1. The monoisotopic (exact) mass is 367 g/mol. The molecule has 0 radical (unpaired) electrons. The minimum atomic E-state index is -0.437. The molecular formula is C19H21N5O3. The predicted octanol–water partition coefficient (Wildman–Crippen LogP) is 2.11. The van der Waals surface area contributed by atoms with Gasteiger partial charge in [-0.3, -0.25) is 14.9 Å². The fraction of sp³-hybridized carbons (Fsp3) is 0.263. The van der Waals surface area contributed by atoms with E-state index in [0.29, 0.717) is 11.1 Å². The van der Waals surface area contributed by atoms with Crippen molar-refractivity contribution in [1.82, 2.24) is 10.3 Å². The first-order valence-electron chi connectivity index (χ1n) is 8.65. The molecule has 0 unspecified atom stereocenters. The van der Waals surface area contributed by atoms with Crippen LogP contribution in [0.5, 0.6) is 0 Å². The van der Waals surface area contributed by atoms with Crippen molar-refractivity contribution in [3.63, 3.8) is 0 Å². The minimum Gasteiger partial charge on any atom is -0.368 e. The first-order chi connectivity index (χ1) is 13.0. The number of nitro groups is 1. The van der Waals surface area contributed by atoms with Gasteiger partial charge in [-0.25, -0.2) is 5.43 Å². The van der Waals surface area contributed by atoms with Crippen LogP contribution in [0.15, 0.2) is 53.6 Å². The van der Waals surface area contributed by atoms with Crippen LogP contribution in [-0.4, -0.2) is 55.2 Å². The van der Waals surface area contributed by atoms with E-state index < -0.39 is 4.92 Å². The first kappa shape index (κ1) is 18.5. The van der Waals surface area contributed by atoms with Gasteiger partial charge in [-0.15, -0.1) is 0 Å². The van der Waals surface area contributed by atoms with Crippen molar-refractivity contribution in [1.29, 1.82) is 0 Å². The number of carbonyl (C=O) groups is 1. The summed E-state index contributed by atoms with van der Waals surface area (Å²) in [4.78, 5) is 27.2. The number of hydrogen-bond acceptors (Lipinski definition) is 6. The number of nitro benzene ring substituents is 1. The van der Waals surface area contributed by atoms with Crippen LogP contribution >= 0.6 is 0 Å². The van der Waals surface area contributed by atoms with Crippen LogP contribution in [-0.2, 0) is 0 Å². The fourth-order valence-electron chi connectivity index (χ4n) is 2.91. The van der Waals surface area contributed by atoms with E-state index in [1.165, 1.54) is 18.3 Å². The zero-order valence-corrected chi connectivity index (χ0v) is 15.0. The Bertz CT molecular complexity index is 846. The maximum absolute atomic E-state index is 12.1. The molecular weight excluding hydrogens is 346 g/mol. The molecule has 1 N–H and O–H groups in total. The number of hydrazone groups is 1. The third-order valence-corrected chi connectivity index (χ3v) is 4.47. The van der Waals surface area contributed by atoms with E-state index in [0.717, 1.165) is 31.9 Å². The smallest absolute Gasteiger partial charge is 0.271 e. The Morgan fingerprint density at radius 3 is 2.52 bits per heavy atom. The molecule has 140 valence electrons. The average Bonchev–Trinajstić information content (AvgIpc) is 2.69. The molecule has 1 aliphatic heterocycles. The number of carbonyl (C=O) groups excluding carboxylic acids is 1. The summed E-state index contributed by atoms with van der Waals surface area (Å²) in [5, 5.41) is 15.1. The van der Waals surface area contributed by atoms with Gasteiger partial charge in [0.25, 0.3) is 11.6 Å². The van der Waals surface area contributed by atoms with Crippen LogP contribution in [0.4, 0.5) is 11.4 Å². The molecule has 27 heavy (non-hydrogen) atoms. The Morgan fingerprint density at radius 1 is 1.15 bits per heavy atom. The summed E-state index contributed by atoms with van der Waals surface area (Å²) in [6.07, 6.45) is 1.46. The van der Waals surface area contributed by atoms with Gasteiger partial charge in [-0.1, -0.05) is 18.2 Å². The molecule has 0 aromatic heterocycles. The summed E-state index contributed by atoms with van der Waals surface area (Å²) >= 11 is 0. The Labute approximate surface area is 157 Å². The summed E-state index contributed by atoms with van der Waals surface area (Å²) in [6.45, 7) is 3.48. The second kappa shape index (κ2) is 8.41. The van der Waals surface area contributed by atoms with Gasteiger partial charge in [0.05, 0.1) is 11.1 Å². The standard InChI is InChI=1S/C19H21N5O3/c1-22-9-11-23(12-10-22)18-8-7-17(24(26)27)13-16(18)14-20-21-19(25)15-5-3-2-4-6-15/h2-8,13-14H,9-12H2,1H3,(H,21,25)/b20-14-. The maximum Gasteiger partial charge on any atom is 0.271 e. The van der Waals surface area contributed by atoms with Crippen LogP contribution in [0.3, 0.4) is 0 Å². The van der Waals surface area contributed by atoms with Crippen molar-refractivity contribution in [3.05, 3.63) is 69.8 Å². The van der Waals surface area contributed by atoms with Crippen LogP contribution in [0.2, 0.25) is 0 Å². The van der Waals surface area contributed by atoms with E-state index in [-0.39, 0.29) is 11.6 Å². The minimum absolute atomic E-state index is 0.0105. The Morgan fingerprint density at radius 2 is 1.85 bits per heavy atom. The van der Waals surface area contributed by atoms with Crippen LogP contribution < -0.4 is 10.3 Å². The van der Waals surface area contributed by atoms with Crippen molar-refractivity contribution in [3.8, 4) is 0 Å². The van der Waals surface area contributed by atoms with E-state index >= 15 is 0 Å². The van der Waals surface area contributed by atoms with Crippen molar-refractivity contribution in [2.45, 2.75) is 0 Å². The normalized spacial score (nSPS) is 15.1. The highest BCUT2D eigenvalue weighted by atomic mass is 16.6. The summed E-state index contributed by atoms with van der Waals surface area (Å²) in [7, 11) is 2.06. The highest BCUT2D eigenvalue weighted by molar-refractivity contribution is 5.95. The molecule has 2 aromatic rings. The fourth-order valence-corrected chi connectivity index (χ4v) is 2.91. The largest absolute Gasteiger partial charge is 0.368 e. The zero-order valence-electron chi connectivity index (χ0n) is 15.0. The van der Waals surface area contributed by atoms with Gasteiger partial charge >= 0.3 is 0 Å². The molecule has 0 saturated carbocycles. The number of hydrogen-bond donors (Lipinski definition) is 1. The van der Waals surface area contributed by atoms with Crippen molar-refractivity contribution < 1.29 is 9.72 Å². The van der Waals surface area contributed by atoms with E-state index in [1.807, 2.05) is 6.07 Å². The lowest BCUT2D eigenvalue weighted by Gasteiger charge is -2.34. The second-order valence-electron chi connectivity index (χ2n) is 6.36. The number of benzene rings is 2. The molecule has 0 aliphatic carbocycles. The van der Waals surface area contributed by atoms with Gasteiger partial charge in [0.2, 0.25) is 0 Å². The van der Waals surface area contributed by atoms with Crippen molar-refractivity contribution >= 4 is 23.5 Å². The molecule has 8 heteroatoms. The molecule has 1 fully saturated rings. The molecule has 1 heterocycles. The summed E-state index contributed by atoms with van der Waals surface area (Å²) in [5.74, 6) is -0.335. The van der Waals surface area contributed by atoms with Gasteiger partial charge < -0.3 is 9.80 Å². The van der Waals surface area contributed by atoms with E-state index in [2.05, 4.69) is 27.4 Å². The van der Waals surface area contributed by atoms with Crippen LogP contribution in [0, 0.1) is 10.1 Å². The number of piperazine rings is 1. The average molecular weight is 367 g/mol. The predicted molar refractivity (Wildman–Crippen MR) is 104 cm³/mol. The molecule has 1 aliphatic rings. The number of likely N-dealkylation sites (N-methyl/N-ethyl adjacent to an activating group) is 1. The van der Waals surface area contributed by atoms with E-state index in [4.69, 9.17) is 0 Å². The number of non-ortho nitro benzene ring substituents is 1. The molecule has 1 saturated heterocycles. The highest BCUT2D eigenvalue weighted by Crippen LogP contribution is 2.25. The Balaban J connectivity index is 1.80. The zero-order chi connectivity index (χ0) is 19.2. The van der Waals surface area contributed by atoms with Crippen LogP contribution in [0.25, 0.3) is 0 Å². The SMILES string of the molecule is CN1CCN(c2ccc([N+](=O)[O-])cc2/C=N\NC(=O)c2ccccc2)CC1. The van der Waals surface area contributed by atoms with Gasteiger partial charge in [0, 0.05) is 55.1 Å². The quantitative estimate of drug-likeness (QED) is 0.496. The van der Waals surface area contributed by atoms with Gasteiger partial charge in [-0.2, -0.15) is 5.10 Å². The van der Waals surface area contributed by atoms with Crippen molar-refractivity contribution in [2.24, 2.45) is 5.10 Å². The Kier molecular flexibility index (Phi) is 5.77. The lowest BCUT2D eigenvalue weighted by Crippen LogP contribution is -2.44. The molecule has 1 amide bonds. The van der Waals surface area contributed by atoms with Gasteiger partial charge in [0.1, 0.15) is 0 Å². The third-order valence-electron chi connectivity index (χ3n) is 4.47. The number of nitrogens with one attached hydrogen (secondary N) is 1. The van der Waals surface area contributed by atoms with Gasteiger partial charge in [-0.05, 0) is 25.2 Å². The highest BCUT2D eigenvalue weighted by Gasteiger charge is 2.18. The van der Waals surface area contributed by atoms with Crippen LogP contribution in [0.1, 0.15) is 15.9 Å². The number of anilines is 1. The number of rotatable bonds is 5. The molecule has 0 spiro atoms. The van der Waals surface area contributed by atoms with Crippen molar-refractivity contribution in [2.75, 3.05) is 38.1 Å². The third kappa shape index (κ3) is 4.68. The van der Waals surface area contributed by atoms with E-state index in [9.17, 15) is 14.9 Å². The number of amides is 1.